The molecule has 3 rings (SSSR count). The molecule has 3 N–H and O–H groups in total. The van der Waals surface area contributed by atoms with E-state index in [0.717, 1.165) is 5.56 Å². The molecule has 2 unspecified atom stereocenters. The summed E-state index contributed by atoms with van der Waals surface area (Å²) in [5, 5.41) is 2.77. The Bertz CT molecular complexity index is 1080. The van der Waals surface area contributed by atoms with Gasteiger partial charge in [-0.25, -0.2) is 4.39 Å². The van der Waals surface area contributed by atoms with Crippen LogP contribution >= 0.6 is 0 Å². The molecule has 1 aliphatic rings. The van der Waals surface area contributed by atoms with Crippen molar-refractivity contribution in [2.75, 3.05) is 6.54 Å². The number of rotatable bonds is 8. The molecule has 0 saturated carbocycles. The van der Waals surface area contributed by atoms with Crippen molar-refractivity contribution in [3.63, 3.8) is 0 Å². The molecule has 1 aromatic carbocycles. The molecule has 1 aromatic heterocycles. The Balaban J connectivity index is 2.11. The first-order chi connectivity index (χ1) is 14.6. The lowest BCUT2D eigenvalue weighted by molar-refractivity contribution is 0.0861. The number of hydrogen-bond acceptors (Lipinski definition) is 4. The summed E-state index contributed by atoms with van der Waals surface area (Å²) in [6.45, 7) is 7.46. The van der Waals surface area contributed by atoms with Gasteiger partial charge in [0, 0.05) is 12.7 Å². The zero-order valence-electron chi connectivity index (χ0n) is 17.6. The zero-order valence-corrected chi connectivity index (χ0v) is 17.6. The number of benzene rings is 1. The van der Waals surface area contributed by atoms with Gasteiger partial charge >= 0.3 is 0 Å². The summed E-state index contributed by atoms with van der Waals surface area (Å²) in [5.41, 5.74) is 5.05. The average Bonchev–Trinajstić information content (AvgIpc) is 2.69. The molecular weight excluding hydrogens is 401 g/mol. The van der Waals surface area contributed by atoms with Crippen molar-refractivity contribution in [2.45, 2.75) is 45.0 Å². The maximum Gasteiger partial charge on any atom is 0.272 e. The minimum atomic E-state index is -1.06. The number of allylic oxidation sites excluding steroid dienone is 1. The van der Waals surface area contributed by atoms with Gasteiger partial charge in [0.1, 0.15) is 18.3 Å². The second-order valence-corrected chi connectivity index (χ2v) is 8.15. The van der Waals surface area contributed by atoms with Crippen LogP contribution in [0.25, 0.3) is 0 Å². The monoisotopic (exact) mass is 427 g/mol. The maximum atomic E-state index is 13.5. The van der Waals surface area contributed by atoms with E-state index >= 15 is 0 Å². The van der Waals surface area contributed by atoms with Gasteiger partial charge in [-0.1, -0.05) is 42.5 Å². The van der Waals surface area contributed by atoms with E-state index in [-0.39, 0.29) is 36.6 Å². The Labute approximate surface area is 179 Å². The Morgan fingerprint density at radius 3 is 2.65 bits per heavy atom. The highest BCUT2D eigenvalue weighted by Gasteiger charge is 2.39. The third kappa shape index (κ3) is 4.68. The Kier molecular flexibility index (Phi) is 6.29. The number of nitrogens with one attached hydrogen (secondary N) is 1. The first-order valence-electron chi connectivity index (χ1n) is 9.98. The summed E-state index contributed by atoms with van der Waals surface area (Å²) in [6.07, 6.45) is 0.723. The number of carbonyl (C=O) groups is 2. The number of nitrogens with zero attached hydrogens (tertiary/aromatic N) is 1. The van der Waals surface area contributed by atoms with Crippen molar-refractivity contribution >= 4 is 11.8 Å². The van der Waals surface area contributed by atoms with Crippen molar-refractivity contribution in [1.29, 1.82) is 0 Å². The molecule has 31 heavy (non-hydrogen) atoms. The number of fused-ring (bicyclic) bond motifs is 1. The Morgan fingerprint density at radius 2 is 2.03 bits per heavy atom. The van der Waals surface area contributed by atoms with Crippen LogP contribution in [0.4, 0.5) is 4.39 Å². The summed E-state index contributed by atoms with van der Waals surface area (Å²) >= 11 is 0. The topological polar surface area (TPSA) is 103 Å². The molecule has 0 radical (unpaired) electrons. The van der Waals surface area contributed by atoms with Crippen LogP contribution in [0.15, 0.2) is 53.5 Å². The lowest BCUT2D eigenvalue weighted by atomic mass is 9.88. The minimum absolute atomic E-state index is 0.000720. The second-order valence-electron chi connectivity index (χ2n) is 8.15. The standard InChI is InChI=1S/C23H26FN3O4/c1-14(9-15(2)24)10-23(3)13-26-22(30)18-20(31-12-16-7-5-4-6-8-16)19(28)17(21(25)29)11-27(18)23/h4-8,11,15H,1,9-10,12-13H2,2-3H3,(H2,25,29)(H,26,30). The number of aromatic nitrogens is 1. The largest absolute Gasteiger partial charge is 0.483 e. The number of alkyl halides is 1. The van der Waals surface area contributed by atoms with E-state index < -0.39 is 29.0 Å². The van der Waals surface area contributed by atoms with E-state index in [1.165, 1.54) is 13.1 Å². The van der Waals surface area contributed by atoms with Gasteiger partial charge < -0.3 is 20.4 Å². The summed E-state index contributed by atoms with van der Waals surface area (Å²) in [6, 6.07) is 9.12. The molecule has 0 saturated heterocycles. The molecular formula is C23H26FN3O4. The first-order valence-corrected chi connectivity index (χ1v) is 9.98. The summed E-state index contributed by atoms with van der Waals surface area (Å²) in [5.74, 6) is -1.67. The lowest BCUT2D eigenvalue weighted by Crippen LogP contribution is -2.52. The molecule has 7 nitrogen and oxygen atoms in total. The molecule has 164 valence electrons. The minimum Gasteiger partial charge on any atom is -0.483 e. The molecule has 0 bridgehead atoms. The molecule has 0 aliphatic carbocycles. The van der Waals surface area contributed by atoms with Gasteiger partial charge in [-0.05, 0) is 32.3 Å². The van der Waals surface area contributed by atoms with Gasteiger partial charge in [0.05, 0.1) is 5.54 Å². The van der Waals surface area contributed by atoms with Crippen molar-refractivity contribution in [3.05, 3.63) is 75.7 Å². The number of ether oxygens (including phenoxy) is 1. The van der Waals surface area contributed by atoms with Crippen LogP contribution in [0.5, 0.6) is 5.75 Å². The van der Waals surface area contributed by atoms with Crippen LogP contribution in [0.2, 0.25) is 0 Å². The SMILES string of the molecule is C=C(CC(C)F)CC1(C)CNC(=O)c2c(OCc3ccccc3)c(=O)c(C(N)=O)cn21. The molecule has 1 aliphatic heterocycles. The van der Waals surface area contributed by atoms with Gasteiger partial charge in [0.25, 0.3) is 11.8 Å². The summed E-state index contributed by atoms with van der Waals surface area (Å²) in [4.78, 5) is 37.7. The van der Waals surface area contributed by atoms with Crippen molar-refractivity contribution in [1.82, 2.24) is 9.88 Å². The highest BCUT2D eigenvalue weighted by Crippen LogP contribution is 2.33. The quantitative estimate of drug-likeness (QED) is 0.632. The average molecular weight is 427 g/mol. The molecule has 2 atom stereocenters. The zero-order chi connectivity index (χ0) is 22.8. The predicted octanol–water partition coefficient (Wildman–Crippen LogP) is 2.68. The van der Waals surface area contributed by atoms with Gasteiger partial charge in [-0.2, -0.15) is 0 Å². The van der Waals surface area contributed by atoms with Crippen LogP contribution in [-0.4, -0.2) is 29.1 Å². The fourth-order valence-electron chi connectivity index (χ4n) is 3.86. The van der Waals surface area contributed by atoms with E-state index in [1.807, 2.05) is 37.3 Å². The van der Waals surface area contributed by atoms with Crippen LogP contribution in [0.3, 0.4) is 0 Å². The highest BCUT2D eigenvalue weighted by atomic mass is 19.1. The molecule has 0 fully saturated rings. The molecule has 2 aromatic rings. The van der Waals surface area contributed by atoms with Crippen LogP contribution < -0.4 is 21.2 Å². The van der Waals surface area contributed by atoms with E-state index in [1.54, 1.807) is 4.57 Å². The van der Waals surface area contributed by atoms with Crippen LogP contribution in [0, 0.1) is 0 Å². The normalized spacial score (nSPS) is 18.6. The van der Waals surface area contributed by atoms with Crippen molar-refractivity contribution < 1.29 is 18.7 Å². The summed E-state index contributed by atoms with van der Waals surface area (Å²) < 4.78 is 20.8. The second kappa shape index (κ2) is 8.75. The molecule has 0 spiro atoms. The van der Waals surface area contributed by atoms with Gasteiger partial charge in [0.2, 0.25) is 5.43 Å². The van der Waals surface area contributed by atoms with Gasteiger partial charge in [0.15, 0.2) is 11.4 Å². The van der Waals surface area contributed by atoms with Gasteiger partial charge in [-0.3, -0.25) is 14.4 Å². The third-order valence-electron chi connectivity index (χ3n) is 5.28. The van der Waals surface area contributed by atoms with Crippen LogP contribution in [-0.2, 0) is 12.1 Å². The fourth-order valence-corrected chi connectivity index (χ4v) is 3.86. The number of halogens is 1. The highest BCUT2D eigenvalue weighted by molar-refractivity contribution is 5.99. The number of carbonyl (C=O) groups excluding carboxylic acids is 2. The maximum absolute atomic E-state index is 13.5. The van der Waals surface area contributed by atoms with E-state index in [0.29, 0.717) is 12.0 Å². The number of primary amides is 1. The smallest absolute Gasteiger partial charge is 0.272 e. The third-order valence-corrected chi connectivity index (χ3v) is 5.28. The number of pyridine rings is 1. The summed E-state index contributed by atoms with van der Waals surface area (Å²) in [7, 11) is 0. The van der Waals surface area contributed by atoms with Crippen molar-refractivity contribution in [3.8, 4) is 5.75 Å². The number of nitrogens with two attached hydrogens (primary N) is 1. The predicted molar refractivity (Wildman–Crippen MR) is 115 cm³/mol. The lowest BCUT2D eigenvalue weighted by Gasteiger charge is -2.39. The number of hydrogen-bond donors (Lipinski definition) is 2. The fraction of sp³-hybridized carbons (Fsp3) is 0.348. The van der Waals surface area contributed by atoms with Crippen molar-refractivity contribution in [2.24, 2.45) is 5.73 Å². The molecule has 2 heterocycles. The molecule has 8 heteroatoms. The Hall–Kier alpha value is -3.42. The van der Waals surface area contributed by atoms with E-state index in [4.69, 9.17) is 10.5 Å². The van der Waals surface area contributed by atoms with Crippen LogP contribution in [0.1, 0.15) is 53.1 Å². The Morgan fingerprint density at radius 1 is 1.35 bits per heavy atom. The molecule has 2 amide bonds. The first kappa shape index (κ1) is 22.3. The van der Waals surface area contributed by atoms with E-state index in [2.05, 4.69) is 11.9 Å². The number of amides is 2. The van der Waals surface area contributed by atoms with E-state index in [9.17, 15) is 18.8 Å². The van der Waals surface area contributed by atoms with Gasteiger partial charge in [-0.15, -0.1) is 0 Å².